The van der Waals surface area contributed by atoms with Gasteiger partial charge in [-0.1, -0.05) is 0 Å². The van der Waals surface area contributed by atoms with Crippen molar-refractivity contribution in [2.24, 2.45) is 4.99 Å². The summed E-state index contributed by atoms with van der Waals surface area (Å²) in [4.78, 5) is 17.8. The molecule has 0 spiro atoms. The lowest BCUT2D eigenvalue weighted by molar-refractivity contribution is -0.127. The van der Waals surface area contributed by atoms with Crippen LogP contribution in [0.15, 0.2) is 23.2 Å². The zero-order chi connectivity index (χ0) is 19.6. The summed E-state index contributed by atoms with van der Waals surface area (Å²) in [6.45, 7) is 3.94. The average molecular weight is 378 g/mol. The quantitative estimate of drug-likeness (QED) is 0.529. The molecule has 0 aromatic heterocycles. The lowest BCUT2D eigenvalue weighted by Gasteiger charge is -2.17. The summed E-state index contributed by atoms with van der Waals surface area (Å²) < 4.78 is 16.6. The summed E-state index contributed by atoms with van der Waals surface area (Å²) in [6.07, 6.45) is 2.26. The molecule has 0 aliphatic carbocycles. The second-order valence-corrected chi connectivity index (χ2v) is 6.39. The molecule has 1 fully saturated rings. The highest BCUT2D eigenvalue weighted by molar-refractivity contribution is 5.95. The van der Waals surface area contributed by atoms with Crippen molar-refractivity contribution < 1.29 is 19.0 Å². The fourth-order valence-electron chi connectivity index (χ4n) is 2.60. The normalized spacial score (nSPS) is 16.7. The molecule has 2 rings (SSSR count). The molecule has 0 radical (unpaired) electrons. The van der Waals surface area contributed by atoms with Gasteiger partial charge in [0.1, 0.15) is 6.54 Å². The van der Waals surface area contributed by atoms with Gasteiger partial charge in [0.15, 0.2) is 17.5 Å². The van der Waals surface area contributed by atoms with Gasteiger partial charge in [-0.2, -0.15) is 0 Å². The summed E-state index contributed by atoms with van der Waals surface area (Å²) in [5, 5.41) is 6.48. The van der Waals surface area contributed by atoms with Crippen molar-refractivity contribution in [1.29, 1.82) is 0 Å². The van der Waals surface area contributed by atoms with E-state index < -0.39 is 0 Å². The van der Waals surface area contributed by atoms with Gasteiger partial charge in [0.05, 0.1) is 19.8 Å². The monoisotopic (exact) mass is 378 g/mol. The molecule has 1 unspecified atom stereocenters. The standard InChI is InChI=1S/C19H30N4O4/c1-5-26-17-11-14(8-9-16(17)25-4)22-19(21-13-18(24)23(2)3)20-12-15-7-6-10-27-15/h8-9,11,15H,5-7,10,12-13H2,1-4H3,(H2,20,21,22). The van der Waals surface area contributed by atoms with Gasteiger partial charge in [-0.15, -0.1) is 0 Å². The molecule has 1 aliphatic heterocycles. The Hall–Kier alpha value is -2.48. The summed E-state index contributed by atoms with van der Waals surface area (Å²) in [5.74, 6) is 1.76. The number of guanidine groups is 1. The fourth-order valence-corrected chi connectivity index (χ4v) is 2.60. The van der Waals surface area contributed by atoms with Gasteiger partial charge < -0.3 is 29.7 Å². The van der Waals surface area contributed by atoms with Crippen molar-refractivity contribution in [3.05, 3.63) is 18.2 Å². The van der Waals surface area contributed by atoms with Gasteiger partial charge in [0.2, 0.25) is 5.91 Å². The first-order valence-electron chi connectivity index (χ1n) is 9.21. The third-order valence-corrected chi connectivity index (χ3v) is 4.12. The summed E-state index contributed by atoms with van der Waals surface area (Å²) in [6, 6.07) is 5.55. The Balaban J connectivity index is 2.10. The van der Waals surface area contributed by atoms with Crippen LogP contribution in [-0.2, 0) is 9.53 Å². The van der Waals surface area contributed by atoms with Crippen LogP contribution < -0.4 is 20.1 Å². The van der Waals surface area contributed by atoms with Crippen LogP contribution in [0.2, 0.25) is 0 Å². The molecule has 1 atom stereocenters. The van der Waals surface area contributed by atoms with Crippen LogP contribution in [-0.4, -0.2) is 70.4 Å². The molecule has 1 aromatic rings. The highest BCUT2D eigenvalue weighted by atomic mass is 16.5. The maximum atomic E-state index is 11.9. The number of nitrogens with one attached hydrogen (secondary N) is 2. The van der Waals surface area contributed by atoms with E-state index in [1.54, 1.807) is 21.2 Å². The maximum Gasteiger partial charge on any atom is 0.243 e. The third kappa shape index (κ3) is 6.63. The first-order valence-corrected chi connectivity index (χ1v) is 9.21. The van der Waals surface area contributed by atoms with E-state index in [2.05, 4.69) is 15.6 Å². The number of rotatable bonds is 8. The maximum absolute atomic E-state index is 11.9. The van der Waals surface area contributed by atoms with Crippen LogP contribution in [0.5, 0.6) is 11.5 Å². The minimum absolute atomic E-state index is 0.0579. The van der Waals surface area contributed by atoms with E-state index >= 15 is 0 Å². The van der Waals surface area contributed by atoms with Gasteiger partial charge in [-0.3, -0.25) is 4.79 Å². The molecular formula is C19H30N4O4. The number of nitrogens with zero attached hydrogens (tertiary/aromatic N) is 2. The molecule has 0 bridgehead atoms. The van der Waals surface area contributed by atoms with Gasteiger partial charge in [0, 0.05) is 39.0 Å². The van der Waals surface area contributed by atoms with E-state index in [0.29, 0.717) is 30.6 Å². The van der Waals surface area contributed by atoms with Crippen molar-refractivity contribution in [3.8, 4) is 11.5 Å². The SMILES string of the molecule is CCOc1cc(NC(=NCC(=O)N(C)C)NCC2CCCO2)ccc1OC. The Bertz CT molecular complexity index is 643. The van der Waals surface area contributed by atoms with Gasteiger partial charge >= 0.3 is 0 Å². The Morgan fingerprint density at radius 1 is 1.37 bits per heavy atom. The second-order valence-electron chi connectivity index (χ2n) is 6.39. The summed E-state index contributed by atoms with van der Waals surface area (Å²) in [5.41, 5.74) is 0.787. The lowest BCUT2D eigenvalue weighted by Crippen LogP contribution is -2.37. The van der Waals surface area contributed by atoms with E-state index in [1.165, 1.54) is 4.90 Å². The molecule has 8 heteroatoms. The van der Waals surface area contributed by atoms with Crippen LogP contribution in [0, 0.1) is 0 Å². The summed E-state index contributed by atoms with van der Waals surface area (Å²) in [7, 11) is 5.03. The molecule has 150 valence electrons. The first kappa shape index (κ1) is 20.8. The molecule has 27 heavy (non-hydrogen) atoms. The van der Waals surface area contributed by atoms with E-state index in [4.69, 9.17) is 14.2 Å². The van der Waals surface area contributed by atoms with E-state index in [0.717, 1.165) is 25.1 Å². The molecule has 1 aliphatic rings. The smallest absolute Gasteiger partial charge is 0.243 e. The van der Waals surface area contributed by atoms with Crippen LogP contribution in [0.25, 0.3) is 0 Å². The van der Waals surface area contributed by atoms with E-state index in [-0.39, 0.29) is 18.6 Å². The Morgan fingerprint density at radius 3 is 2.81 bits per heavy atom. The van der Waals surface area contributed by atoms with Crippen molar-refractivity contribution in [2.45, 2.75) is 25.9 Å². The molecule has 8 nitrogen and oxygen atoms in total. The zero-order valence-corrected chi connectivity index (χ0v) is 16.6. The number of hydrogen-bond donors (Lipinski definition) is 2. The summed E-state index contributed by atoms with van der Waals surface area (Å²) >= 11 is 0. The lowest BCUT2D eigenvalue weighted by atomic mass is 10.2. The topological polar surface area (TPSA) is 84.4 Å². The molecule has 1 heterocycles. The molecule has 1 amide bonds. The van der Waals surface area contributed by atoms with Gasteiger partial charge in [0.25, 0.3) is 0 Å². The number of carbonyl (C=O) groups is 1. The largest absolute Gasteiger partial charge is 0.493 e. The highest BCUT2D eigenvalue weighted by Crippen LogP contribution is 2.30. The second kappa shape index (κ2) is 10.6. The number of methoxy groups -OCH3 is 1. The predicted octanol–water partition coefficient (Wildman–Crippen LogP) is 1.72. The number of benzene rings is 1. The Labute approximate surface area is 160 Å². The van der Waals surface area contributed by atoms with Crippen molar-refractivity contribution >= 4 is 17.6 Å². The van der Waals surface area contributed by atoms with Crippen molar-refractivity contribution in [3.63, 3.8) is 0 Å². The third-order valence-electron chi connectivity index (χ3n) is 4.12. The van der Waals surface area contributed by atoms with Crippen molar-refractivity contribution in [2.75, 3.05) is 52.8 Å². The number of aliphatic imine (C=N–C) groups is 1. The number of hydrogen-bond acceptors (Lipinski definition) is 5. The molecule has 1 aromatic carbocycles. The number of likely N-dealkylation sites (N-methyl/N-ethyl adjacent to an activating group) is 1. The van der Waals surface area contributed by atoms with Crippen molar-refractivity contribution in [1.82, 2.24) is 10.2 Å². The zero-order valence-electron chi connectivity index (χ0n) is 16.6. The van der Waals surface area contributed by atoms with Crippen LogP contribution in [0.3, 0.4) is 0 Å². The predicted molar refractivity (Wildman–Crippen MR) is 106 cm³/mol. The highest BCUT2D eigenvalue weighted by Gasteiger charge is 2.16. The van der Waals surface area contributed by atoms with E-state index in [1.807, 2.05) is 25.1 Å². The minimum atomic E-state index is -0.0713. The molecule has 2 N–H and O–H groups in total. The van der Waals surface area contributed by atoms with Crippen LogP contribution in [0.1, 0.15) is 19.8 Å². The number of anilines is 1. The molecule has 0 saturated carbocycles. The number of carbonyl (C=O) groups excluding carboxylic acids is 1. The minimum Gasteiger partial charge on any atom is -0.493 e. The first-order chi connectivity index (χ1) is 13.0. The fraction of sp³-hybridized carbons (Fsp3) is 0.579. The molecule has 1 saturated heterocycles. The van der Waals surface area contributed by atoms with E-state index in [9.17, 15) is 4.79 Å². The molecular weight excluding hydrogens is 348 g/mol. The number of amides is 1. The number of ether oxygens (including phenoxy) is 3. The van der Waals surface area contributed by atoms with Gasteiger partial charge in [-0.25, -0.2) is 4.99 Å². The average Bonchev–Trinajstić information content (AvgIpc) is 3.17. The van der Waals surface area contributed by atoms with Crippen LogP contribution >= 0.6 is 0 Å². The Morgan fingerprint density at radius 2 is 2.19 bits per heavy atom. The van der Waals surface area contributed by atoms with Gasteiger partial charge in [-0.05, 0) is 31.9 Å². The Kier molecular flexibility index (Phi) is 8.19. The van der Waals surface area contributed by atoms with Crippen LogP contribution in [0.4, 0.5) is 5.69 Å².